The maximum absolute atomic E-state index is 12.3. The summed E-state index contributed by atoms with van der Waals surface area (Å²) in [6, 6.07) is 15.3. The van der Waals surface area contributed by atoms with Crippen LogP contribution in [0.15, 0.2) is 48.5 Å². The summed E-state index contributed by atoms with van der Waals surface area (Å²) in [6.45, 7) is 4.82. The summed E-state index contributed by atoms with van der Waals surface area (Å²) in [5.74, 6) is 1.69. The van der Waals surface area contributed by atoms with E-state index in [9.17, 15) is 4.79 Å². The van der Waals surface area contributed by atoms with Crippen molar-refractivity contribution in [1.29, 1.82) is 0 Å². The molecule has 5 heteroatoms. The summed E-state index contributed by atoms with van der Waals surface area (Å²) in [5.41, 5.74) is 1.99. The molecule has 0 spiro atoms. The van der Waals surface area contributed by atoms with Crippen molar-refractivity contribution in [3.05, 3.63) is 59.1 Å². The van der Waals surface area contributed by atoms with Gasteiger partial charge in [-0.2, -0.15) is 0 Å². The van der Waals surface area contributed by atoms with Gasteiger partial charge in [-0.15, -0.1) is 0 Å². The van der Waals surface area contributed by atoms with Crippen LogP contribution in [0.1, 0.15) is 25.3 Å². The fourth-order valence-electron chi connectivity index (χ4n) is 2.96. The second-order valence-electron chi connectivity index (χ2n) is 6.86. The zero-order valence-electron chi connectivity index (χ0n) is 15.1. The molecule has 1 N–H and O–H groups in total. The molecule has 0 aromatic heterocycles. The van der Waals surface area contributed by atoms with Crippen molar-refractivity contribution in [2.45, 2.75) is 26.4 Å². The third-order valence-electron chi connectivity index (χ3n) is 4.75. The molecule has 1 saturated heterocycles. The number of amides is 1. The summed E-state index contributed by atoms with van der Waals surface area (Å²) in [7, 11) is 0. The van der Waals surface area contributed by atoms with Crippen molar-refractivity contribution in [3.63, 3.8) is 0 Å². The van der Waals surface area contributed by atoms with Crippen molar-refractivity contribution in [3.8, 4) is 5.75 Å². The minimum Gasteiger partial charge on any atom is -0.489 e. The van der Waals surface area contributed by atoms with Gasteiger partial charge in [0.05, 0.1) is 6.54 Å². The van der Waals surface area contributed by atoms with Crippen LogP contribution in [0.3, 0.4) is 0 Å². The molecule has 138 valence electrons. The van der Waals surface area contributed by atoms with Gasteiger partial charge in [-0.1, -0.05) is 30.7 Å². The number of carbonyl (C=O) groups excluding carboxylic acids is 1. The van der Waals surface area contributed by atoms with Gasteiger partial charge in [-0.05, 0) is 60.7 Å². The third-order valence-corrected chi connectivity index (χ3v) is 5.01. The molecule has 0 atom stereocenters. The standard InChI is InChI=1S/C21H25ClN2O2/c1-16-10-12-24(13-11-16)21(25)14-23-19-6-8-20(9-7-19)26-15-17-2-4-18(22)5-3-17/h2-9,16,23H,10-15H2,1H3. The van der Waals surface area contributed by atoms with E-state index in [1.165, 1.54) is 0 Å². The van der Waals surface area contributed by atoms with Crippen LogP contribution in [0.5, 0.6) is 5.75 Å². The molecular formula is C21H25ClN2O2. The Bertz CT molecular complexity index is 708. The summed E-state index contributed by atoms with van der Waals surface area (Å²) >= 11 is 5.88. The Kier molecular flexibility index (Phi) is 6.40. The highest BCUT2D eigenvalue weighted by Crippen LogP contribution is 2.19. The number of rotatable bonds is 6. The quantitative estimate of drug-likeness (QED) is 0.806. The highest BCUT2D eigenvalue weighted by molar-refractivity contribution is 6.30. The molecule has 0 bridgehead atoms. The zero-order chi connectivity index (χ0) is 18.4. The van der Waals surface area contributed by atoms with Crippen molar-refractivity contribution in [2.75, 3.05) is 25.0 Å². The molecule has 0 saturated carbocycles. The van der Waals surface area contributed by atoms with Crippen LogP contribution in [0, 0.1) is 5.92 Å². The SMILES string of the molecule is CC1CCN(C(=O)CNc2ccc(OCc3ccc(Cl)cc3)cc2)CC1. The molecule has 1 aliphatic rings. The number of benzene rings is 2. The summed E-state index contributed by atoms with van der Waals surface area (Å²) in [6.07, 6.45) is 2.21. The molecule has 1 heterocycles. The molecule has 1 aliphatic heterocycles. The number of piperidine rings is 1. The number of anilines is 1. The molecule has 2 aromatic carbocycles. The first-order valence-corrected chi connectivity index (χ1v) is 9.47. The predicted molar refractivity (Wildman–Crippen MR) is 106 cm³/mol. The van der Waals surface area contributed by atoms with E-state index in [1.54, 1.807) is 0 Å². The first kappa shape index (κ1) is 18.6. The maximum atomic E-state index is 12.3. The molecule has 0 aliphatic carbocycles. The van der Waals surface area contributed by atoms with Crippen LogP contribution in [-0.4, -0.2) is 30.4 Å². The third kappa shape index (κ3) is 5.40. The number of likely N-dealkylation sites (tertiary alicyclic amines) is 1. The van der Waals surface area contributed by atoms with E-state index in [2.05, 4.69) is 12.2 Å². The number of ether oxygens (including phenoxy) is 1. The van der Waals surface area contributed by atoms with Gasteiger partial charge in [-0.3, -0.25) is 4.79 Å². The average Bonchev–Trinajstić information content (AvgIpc) is 2.67. The Morgan fingerprint density at radius 3 is 2.42 bits per heavy atom. The van der Waals surface area contributed by atoms with Gasteiger partial charge in [0, 0.05) is 23.8 Å². The highest BCUT2D eigenvalue weighted by Gasteiger charge is 2.19. The second-order valence-corrected chi connectivity index (χ2v) is 7.29. The molecule has 3 rings (SSSR count). The first-order valence-electron chi connectivity index (χ1n) is 9.09. The van der Waals surface area contributed by atoms with Crippen LogP contribution in [0.2, 0.25) is 5.02 Å². The van der Waals surface area contributed by atoms with E-state index in [1.807, 2.05) is 53.4 Å². The smallest absolute Gasteiger partial charge is 0.241 e. The first-order chi connectivity index (χ1) is 12.6. The molecule has 0 unspecified atom stereocenters. The largest absolute Gasteiger partial charge is 0.489 e. The molecule has 26 heavy (non-hydrogen) atoms. The number of hydrogen-bond donors (Lipinski definition) is 1. The summed E-state index contributed by atoms with van der Waals surface area (Å²) < 4.78 is 5.77. The van der Waals surface area contributed by atoms with Crippen LogP contribution in [0.4, 0.5) is 5.69 Å². The Balaban J connectivity index is 1.44. The second kappa shape index (κ2) is 8.95. The van der Waals surface area contributed by atoms with E-state index in [4.69, 9.17) is 16.3 Å². The van der Waals surface area contributed by atoms with Crippen molar-refractivity contribution in [2.24, 2.45) is 5.92 Å². The lowest BCUT2D eigenvalue weighted by molar-refractivity contribution is -0.130. The van der Waals surface area contributed by atoms with Gasteiger partial charge in [0.15, 0.2) is 0 Å². The van der Waals surface area contributed by atoms with Gasteiger partial charge in [0.1, 0.15) is 12.4 Å². The number of halogens is 1. The Labute approximate surface area is 160 Å². The maximum Gasteiger partial charge on any atom is 0.241 e. The number of hydrogen-bond acceptors (Lipinski definition) is 3. The van der Waals surface area contributed by atoms with Gasteiger partial charge >= 0.3 is 0 Å². The van der Waals surface area contributed by atoms with E-state index in [0.29, 0.717) is 13.2 Å². The predicted octanol–water partition coefficient (Wildman–Crippen LogP) is 4.59. The van der Waals surface area contributed by atoms with E-state index >= 15 is 0 Å². The Hall–Kier alpha value is -2.20. The summed E-state index contributed by atoms with van der Waals surface area (Å²) in [4.78, 5) is 14.2. The van der Waals surface area contributed by atoms with Crippen LogP contribution in [0.25, 0.3) is 0 Å². The highest BCUT2D eigenvalue weighted by atomic mass is 35.5. The topological polar surface area (TPSA) is 41.6 Å². The lowest BCUT2D eigenvalue weighted by atomic mass is 9.99. The molecule has 0 radical (unpaired) electrons. The lowest BCUT2D eigenvalue weighted by Crippen LogP contribution is -2.40. The monoisotopic (exact) mass is 372 g/mol. The van der Waals surface area contributed by atoms with Crippen molar-refractivity contribution >= 4 is 23.2 Å². The molecule has 2 aromatic rings. The normalized spacial score (nSPS) is 14.9. The van der Waals surface area contributed by atoms with Crippen molar-refractivity contribution in [1.82, 2.24) is 4.90 Å². The lowest BCUT2D eigenvalue weighted by Gasteiger charge is -2.30. The molecule has 1 fully saturated rings. The van der Waals surface area contributed by atoms with Gasteiger partial charge in [-0.25, -0.2) is 0 Å². The van der Waals surface area contributed by atoms with Crippen molar-refractivity contribution < 1.29 is 9.53 Å². The van der Waals surface area contributed by atoms with E-state index in [0.717, 1.165) is 53.9 Å². The van der Waals surface area contributed by atoms with Gasteiger partial charge in [0.25, 0.3) is 0 Å². The molecule has 4 nitrogen and oxygen atoms in total. The Morgan fingerprint density at radius 1 is 1.12 bits per heavy atom. The number of carbonyl (C=O) groups is 1. The van der Waals surface area contributed by atoms with E-state index in [-0.39, 0.29) is 5.91 Å². The minimum absolute atomic E-state index is 0.167. The summed E-state index contributed by atoms with van der Waals surface area (Å²) in [5, 5.41) is 3.92. The molecule has 1 amide bonds. The van der Waals surface area contributed by atoms with Crippen LogP contribution in [-0.2, 0) is 11.4 Å². The minimum atomic E-state index is 0.167. The number of nitrogens with zero attached hydrogens (tertiary/aromatic N) is 1. The molecular weight excluding hydrogens is 348 g/mol. The van der Waals surface area contributed by atoms with E-state index < -0.39 is 0 Å². The van der Waals surface area contributed by atoms with Gasteiger partial charge in [0.2, 0.25) is 5.91 Å². The average molecular weight is 373 g/mol. The fraction of sp³-hybridized carbons (Fsp3) is 0.381. The van der Waals surface area contributed by atoms with Crippen LogP contribution < -0.4 is 10.1 Å². The van der Waals surface area contributed by atoms with Gasteiger partial charge < -0.3 is 15.0 Å². The Morgan fingerprint density at radius 2 is 1.77 bits per heavy atom. The van der Waals surface area contributed by atoms with Crippen LogP contribution >= 0.6 is 11.6 Å². The fourth-order valence-corrected chi connectivity index (χ4v) is 3.09. The number of nitrogens with one attached hydrogen (secondary N) is 1. The zero-order valence-corrected chi connectivity index (χ0v) is 15.8.